The summed E-state index contributed by atoms with van der Waals surface area (Å²) in [5.41, 5.74) is 9.56. The molecule has 3 aliphatic rings. The molecule has 2 N–H and O–H groups in total. The van der Waals surface area contributed by atoms with E-state index in [4.69, 9.17) is 10.7 Å². The Bertz CT molecular complexity index is 887. The quantitative estimate of drug-likeness (QED) is 0.852. The van der Waals surface area contributed by atoms with Gasteiger partial charge in [-0.2, -0.15) is 0 Å². The number of hydrogen-bond donors (Lipinski definition) is 1. The molecule has 2 fully saturated rings. The molecule has 0 bridgehead atoms. The topological polar surface area (TPSA) is 72.1 Å². The minimum Gasteiger partial charge on any atom is -0.342 e. The van der Waals surface area contributed by atoms with E-state index in [0.29, 0.717) is 5.91 Å². The van der Waals surface area contributed by atoms with Crippen molar-refractivity contribution in [1.82, 2.24) is 14.9 Å². The van der Waals surface area contributed by atoms with Crippen LogP contribution in [-0.4, -0.2) is 39.9 Å². The number of carbonyl (C=O) groups excluding carboxylic acids is 1. The maximum Gasteiger partial charge on any atom is 0.225 e. The molecule has 1 saturated heterocycles. The highest BCUT2D eigenvalue weighted by molar-refractivity contribution is 5.79. The summed E-state index contributed by atoms with van der Waals surface area (Å²) in [4.78, 5) is 25.1. The van der Waals surface area contributed by atoms with Crippen LogP contribution in [0.1, 0.15) is 56.2 Å². The van der Waals surface area contributed by atoms with Crippen LogP contribution in [0.15, 0.2) is 36.5 Å². The molecule has 5 rings (SSSR count). The third-order valence-electron chi connectivity index (χ3n) is 7.28. The number of aryl methyl sites for hydroxylation is 1. The van der Waals surface area contributed by atoms with Crippen molar-refractivity contribution >= 4 is 5.91 Å². The predicted molar refractivity (Wildman–Crippen MR) is 113 cm³/mol. The molecule has 1 aliphatic heterocycles. The molecule has 1 atom stereocenters. The van der Waals surface area contributed by atoms with Crippen molar-refractivity contribution in [1.29, 1.82) is 0 Å². The van der Waals surface area contributed by atoms with Gasteiger partial charge in [0, 0.05) is 42.2 Å². The monoisotopic (exact) mass is 390 g/mol. The Kier molecular flexibility index (Phi) is 4.86. The number of carbonyl (C=O) groups is 1. The van der Waals surface area contributed by atoms with E-state index in [-0.39, 0.29) is 17.4 Å². The highest BCUT2D eigenvalue weighted by Crippen LogP contribution is 2.44. The van der Waals surface area contributed by atoms with Crippen LogP contribution >= 0.6 is 0 Å². The molecule has 1 aromatic heterocycles. The average Bonchev–Trinajstić information content (AvgIpc) is 3.11. The molecule has 1 unspecified atom stereocenters. The van der Waals surface area contributed by atoms with Gasteiger partial charge in [-0.3, -0.25) is 4.79 Å². The summed E-state index contributed by atoms with van der Waals surface area (Å²) in [7, 11) is 0. The van der Waals surface area contributed by atoms with Gasteiger partial charge >= 0.3 is 0 Å². The summed E-state index contributed by atoms with van der Waals surface area (Å²) in [5, 5.41) is 0. The van der Waals surface area contributed by atoms with Crippen LogP contribution in [0.4, 0.5) is 0 Å². The molecule has 2 heterocycles. The normalized spacial score (nSPS) is 29.1. The second-order valence-corrected chi connectivity index (χ2v) is 9.19. The Morgan fingerprint density at radius 2 is 1.90 bits per heavy atom. The highest BCUT2D eigenvalue weighted by Gasteiger charge is 2.45. The zero-order valence-electron chi connectivity index (χ0n) is 17.0. The van der Waals surface area contributed by atoms with E-state index >= 15 is 0 Å². The van der Waals surface area contributed by atoms with Crippen LogP contribution in [0.2, 0.25) is 0 Å². The molecule has 5 heteroatoms. The fourth-order valence-electron chi connectivity index (χ4n) is 5.61. The van der Waals surface area contributed by atoms with Gasteiger partial charge in [0.1, 0.15) is 0 Å². The summed E-state index contributed by atoms with van der Waals surface area (Å²) in [5.74, 6) is 1.31. The predicted octanol–water partition coefficient (Wildman–Crippen LogP) is 3.47. The van der Waals surface area contributed by atoms with Gasteiger partial charge in [-0.25, -0.2) is 9.97 Å². The molecule has 29 heavy (non-hydrogen) atoms. The molecule has 0 radical (unpaired) electrons. The lowest BCUT2D eigenvalue weighted by Gasteiger charge is -2.42. The van der Waals surface area contributed by atoms with Gasteiger partial charge in [-0.05, 0) is 56.9 Å². The van der Waals surface area contributed by atoms with Crippen LogP contribution in [0, 0.1) is 5.92 Å². The van der Waals surface area contributed by atoms with Crippen molar-refractivity contribution in [3.05, 3.63) is 47.8 Å². The second kappa shape index (κ2) is 7.52. The Morgan fingerprint density at radius 1 is 1.10 bits per heavy atom. The number of nitrogens with two attached hydrogens (primary N) is 1. The first-order chi connectivity index (χ1) is 14.1. The number of benzene rings is 1. The summed E-state index contributed by atoms with van der Waals surface area (Å²) < 4.78 is 0. The minimum atomic E-state index is 0.000777. The standard InChI is InChI=1S/C24H30N4O/c25-20-9-7-18(8-10-20)23(29)28-14-4-12-24(16-28)13-11-19-15-26-22(27-21(19)24)17-5-2-1-3-6-17/h1-3,5-6,15,18,20H,4,7-14,16,25H2. The zero-order valence-corrected chi connectivity index (χ0v) is 17.0. The maximum atomic E-state index is 13.3. The van der Waals surface area contributed by atoms with Crippen LogP contribution in [0.3, 0.4) is 0 Å². The van der Waals surface area contributed by atoms with Crippen molar-refractivity contribution in [3.8, 4) is 11.4 Å². The smallest absolute Gasteiger partial charge is 0.225 e. The SMILES string of the molecule is NC1CCC(C(=O)N2CCCC3(CCc4cnc(-c5ccccc5)nc43)C2)CC1. The molecular formula is C24H30N4O. The van der Waals surface area contributed by atoms with E-state index in [1.165, 1.54) is 11.3 Å². The number of rotatable bonds is 2. The number of piperidine rings is 1. The number of nitrogens with zero attached hydrogens (tertiary/aromatic N) is 3. The Labute approximate surface area is 172 Å². The lowest BCUT2D eigenvalue weighted by Crippen LogP contribution is -2.50. The minimum absolute atomic E-state index is 0.000777. The second-order valence-electron chi connectivity index (χ2n) is 9.19. The van der Waals surface area contributed by atoms with E-state index in [9.17, 15) is 4.79 Å². The fourth-order valence-corrected chi connectivity index (χ4v) is 5.61. The molecule has 5 nitrogen and oxygen atoms in total. The third kappa shape index (κ3) is 3.46. The van der Waals surface area contributed by atoms with Crippen LogP contribution in [0.5, 0.6) is 0 Å². The Morgan fingerprint density at radius 3 is 2.69 bits per heavy atom. The fraction of sp³-hybridized carbons (Fsp3) is 0.542. The van der Waals surface area contributed by atoms with Gasteiger partial charge in [-0.1, -0.05) is 30.3 Å². The number of amides is 1. The van der Waals surface area contributed by atoms with Gasteiger partial charge in [0.15, 0.2) is 5.82 Å². The van der Waals surface area contributed by atoms with E-state index in [1.807, 2.05) is 24.4 Å². The number of likely N-dealkylation sites (tertiary alicyclic amines) is 1. The van der Waals surface area contributed by atoms with Gasteiger partial charge in [0.25, 0.3) is 0 Å². The van der Waals surface area contributed by atoms with Crippen LogP contribution in [0.25, 0.3) is 11.4 Å². The van der Waals surface area contributed by atoms with E-state index < -0.39 is 0 Å². The molecule has 2 aliphatic carbocycles. The van der Waals surface area contributed by atoms with Gasteiger partial charge in [0.2, 0.25) is 5.91 Å². The zero-order chi connectivity index (χ0) is 19.8. The van der Waals surface area contributed by atoms with E-state index in [1.54, 1.807) is 0 Å². The molecule has 1 aromatic carbocycles. The van der Waals surface area contributed by atoms with Gasteiger partial charge < -0.3 is 10.6 Å². The first kappa shape index (κ1) is 18.7. The van der Waals surface area contributed by atoms with E-state index in [2.05, 4.69) is 22.0 Å². The molecule has 1 spiro atoms. The molecule has 1 saturated carbocycles. The first-order valence-corrected chi connectivity index (χ1v) is 11.1. The van der Waals surface area contributed by atoms with Crippen molar-refractivity contribution in [2.24, 2.45) is 11.7 Å². The molecule has 1 amide bonds. The van der Waals surface area contributed by atoms with Crippen LogP contribution < -0.4 is 5.73 Å². The maximum absolute atomic E-state index is 13.3. The summed E-state index contributed by atoms with van der Waals surface area (Å²) >= 11 is 0. The molecular weight excluding hydrogens is 360 g/mol. The number of hydrogen-bond acceptors (Lipinski definition) is 4. The lowest BCUT2D eigenvalue weighted by atomic mass is 9.76. The van der Waals surface area contributed by atoms with Crippen molar-refractivity contribution in [3.63, 3.8) is 0 Å². The molecule has 152 valence electrons. The van der Waals surface area contributed by atoms with Crippen LogP contribution in [-0.2, 0) is 16.6 Å². The Hall–Kier alpha value is -2.27. The molecule has 2 aromatic rings. The van der Waals surface area contributed by atoms with Gasteiger partial charge in [-0.15, -0.1) is 0 Å². The van der Waals surface area contributed by atoms with Crippen molar-refractivity contribution in [2.75, 3.05) is 13.1 Å². The largest absolute Gasteiger partial charge is 0.342 e. The highest BCUT2D eigenvalue weighted by atomic mass is 16.2. The van der Waals surface area contributed by atoms with Crippen molar-refractivity contribution < 1.29 is 4.79 Å². The van der Waals surface area contributed by atoms with E-state index in [0.717, 1.165) is 75.8 Å². The number of fused-ring (bicyclic) bond motifs is 2. The van der Waals surface area contributed by atoms with Gasteiger partial charge in [0.05, 0.1) is 5.69 Å². The number of aromatic nitrogens is 2. The third-order valence-corrected chi connectivity index (χ3v) is 7.28. The Balaban J connectivity index is 1.40. The average molecular weight is 391 g/mol. The summed E-state index contributed by atoms with van der Waals surface area (Å²) in [6.45, 7) is 1.70. The summed E-state index contributed by atoms with van der Waals surface area (Å²) in [6.07, 6.45) is 10.1. The van der Waals surface area contributed by atoms with Crippen molar-refractivity contribution in [2.45, 2.75) is 62.8 Å². The lowest BCUT2D eigenvalue weighted by molar-refractivity contribution is -0.139. The summed E-state index contributed by atoms with van der Waals surface area (Å²) in [6, 6.07) is 10.5. The first-order valence-electron chi connectivity index (χ1n) is 11.1.